The number of nitrogens with one attached hydrogen (secondary N) is 1. The fourth-order valence-electron chi connectivity index (χ4n) is 1.43. The lowest BCUT2D eigenvalue weighted by atomic mass is 10.2. The minimum Gasteiger partial charge on any atom is -0.491 e. The van der Waals surface area contributed by atoms with Crippen LogP contribution < -0.4 is 11.3 Å². The normalized spacial score (nSPS) is 10.9. The number of hydrogen-bond acceptors (Lipinski definition) is 7. The van der Waals surface area contributed by atoms with Gasteiger partial charge >= 0.3 is 5.97 Å². The molecule has 1 aromatic heterocycles. The van der Waals surface area contributed by atoms with E-state index in [2.05, 4.69) is 36.1 Å². The van der Waals surface area contributed by atoms with Crippen LogP contribution in [0.1, 0.15) is 10.4 Å². The number of nitrogens with two attached hydrogens (primary N) is 1. The zero-order chi connectivity index (χ0) is 15.6. The fourth-order valence-corrected chi connectivity index (χ4v) is 1.79. The van der Waals surface area contributed by atoms with E-state index in [-0.39, 0.29) is 17.2 Å². The SMILES string of the molecule is Nc1nc(O)c(N=Nc2ccc(Br)cc2C(=O)O)c(=O)[nH]1. The zero-order valence-electron chi connectivity index (χ0n) is 10.2. The van der Waals surface area contributed by atoms with Gasteiger partial charge in [-0.05, 0) is 18.2 Å². The van der Waals surface area contributed by atoms with Gasteiger partial charge in [-0.1, -0.05) is 15.9 Å². The third-order valence-corrected chi connectivity index (χ3v) is 2.83. The van der Waals surface area contributed by atoms with Crippen molar-refractivity contribution < 1.29 is 15.0 Å². The number of anilines is 1. The maximum atomic E-state index is 11.5. The molecule has 2 aromatic rings. The Morgan fingerprint density at radius 3 is 2.71 bits per heavy atom. The van der Waals surface area contributed by atoms with Gasteiger partial charge in [-0.3, -0.25) is 9.78 Å². The number of carbonyl (C=O) groups is 1. The minimum absolute atomic E-state index is 0.0151. The molecule has 108 valence electrons. The van der Waals surface area contributed by atoms with Crippen molar-refractivity contribution in [3.8, 4) is 5.88 Å². The van der Waals surface area contributed by atoms with Crippen molar-refractivity contribution in [2.24, 2.45) is 10.2 Å². The molecule has 0 atom stereocenters. The highest BCUT2D eigenvalue weighted by Gasteiger charge is 2.12. The predicted molar refractivity (Wildman–Crippen MR) is 76.2 cm³/mol. The van der Waals surface area contributed by atoms with Crippen molar-refractivity contribution >= 4 is 39.2 Å². The molecule has 0 fully saturated rings. The number of carboxylic acids is 1. The molecule has 0 unspecified atom stereocenters. The third-order valence-electron chi connectivity index (χ3n) is 2.34. The predicted octanol–water partition coefficient (Wildman–Crippen LogP) is 1.93. The van der Waals surface area contributed by atoms with Gasteiger partial charge in [-0.15, -0.1) is 10.2 Å². The summed E-state index contributed by atoms with van der Waals surface area (Å²) in [7, 11) is 0. The Morgan fingerprint density at radius 2 is 2.10 bits per heavy atom. The van der Waals surface area contributed by atoms with Crippen molar-refractivity contribution in [2.75, 3.05) is 5.73 Å². The Bertz CT molecular complexity index is 802. The van der Waals surface area contributed by atoms with E-state index < -0.39 is 23.1 Å². The first-order valence-corrected chi connectivity index (χ1v) is 6.21. The molecule has 21 heavy (non-hydrogen) atoms. The first kappa shape index (κ1) is 14.7. The maximum absolute atomic E-state index is 11.5. The van der Waals surface area contributed by atoms with Crippen LogP contribution in [0.15, 0.2) is 37.7 Å². The molecule has 10 heteroatoms. The van der Waals surface area contributed by atoms with Crippen LogP contribution in [0, 0.1) is 0 Å². The Balaban J connectivity index is 2.48. The lowest BCUT2D eigenvalue weighted by molar-refractivity contribution is 0.0697. The highest BCUT2D eigenvalue weighted by Crippen LogP contribution is 2.27. The number of hydrogen-bond donors (Lipinski definition) is 4. The van der Waals surface area contributed by atoms with Crippen LogP contribution >= 0.6 is 15.9 Å². The number of azo groups is 1. The fraction of sp³-hybridized carbons (Fsp3) is 0. The largest absolute Gasteiger partial charge is 0.491 e. The minimum atomic E-state index is -1.21. The van der Waals surface area contributed by atoms with Crippen molar-refractivity contribution in [3.63, 3.8) is 0 Å². The average molecular weight is 354 g/mol. The zero-order valence-corrected chi connectivity index (χ0v) is 11.8. The number of H-pyrrole nitrogens is 1. The van der Waals surface area contributed by atoms with Crippen molar-refractivity contribution in [1.29, 1.82) is 0 Å². The number of nitrogen functional groups attached to an aromatic ring is 1. The summed E-state index contributed by atoms with van der Waals surface area (Å²) in [6.45, 7) is 0. The van der Waals surface area contributed by atoms with Crippen LogP contribution in [0.5, 0.6) is 5.88 Å². The molecule has 0 aliphatic heterocycles. The Labute approximate surface area is 125 Å². The lowest BCUT2D eigenvalue weighted by Gasteiger charge is -2.01. The second kappa shape index (κ2) is 5.71. The van der Waals surface area contributed by atoms with Crippen molar-refractivity contribution in [3.05, 3.63) is 38.6 Å². The summed E-state index contributed by atoms with van der Waals surface area (Å²) < 4.78 is 0.550. The van der Waals surface area contributed by atoms with Crippen LogP contribution in [0.25, 0.3) is 0 Å². The summed E-state index contributed by atoms with van der Waals surface area (Å²) in [6.07, 6.45) is 0. The molecule has 0 bridgehead atoms. The van der Waals surface area contributed by atoms with Gasteiger partial charge in [-0.25, -0.2) is 4.79 Å². The molecule has 0 spiro atoms. The van der Waals surface area contributed by atoms with Crippen LogP contribution in [-0.2, 0) is 0 Å². The van der Waals surface area contributed by atoms with E-state index in [4.69, 9.17) is 10.8 Å². The number of aromatic carboxylic acids is 1. The number of carboxylic acid groups (broad SMARTS) is 1. The summed E-state index contributed by atoms with van der Waals surface area (Å²) in [5, 5.41) is 25.7. The molecular weight excluding hydrogens is 346 g/mol. The molecule has 2 rings (SSSR count). The summed E-state index contributed by atoms with van der Waals surface area (Å²) in [5.41, 5.74) is 3.87. The van der Waals surface area contributed by atoms with Gasteiger partial charge < -0.3 is 15.9 Å². The van der Waals surface area contributed by atoms with Crippen LogP contribution in [-0.4, -0.2) is 26.2 Å². The number of nitrogens with zero attached hydrogens (tertiary/aromatic N) is 3. The molecule has 0 radical (unpaired) electrons. The lowest BCUT2D eigenvalue weighted by Crippen LogP contribution is -2.10. The van der Waals surface area contributed by atoms with E-state index in [1.807, 2.05) is 0 Å². The molecule has 0 saturated carbocycles. The molecule has 9 nitrogen and oxygen atoms in total. The molecule has 0 saturated heterocycles. The molecular formula is C11H8BrN5O4. The van der Waals surface area contributed by atoms with Crippen molar-refractivity contribution in [2.45, 2.75) is 0 Å². The number of aromatic nitrogens is 2. The Kier molecular flexibility index (Phi) is 3.98. The van der Waals surface area contributed by atoms with Gasteiger partial charge in [0.05, 0.1) is 5.56 Å². The van der Waals surface area contributed by atoms with E-state index in [0.29, 0.717) is 4.47 Å². The Hall–Kier alpha value is -2.75. The molecule has 0 aliphatic rings. The summed E-state index contributed by atoms with van der Waals surface area (Å²) in [6, 6.07) is 4.29. The summed E-state index contributed by atoms with van der Waals surface area (Å²) >= 11 is 3.14. The van der Waals surface area contributed by atoms with Gasteiger partial charge in [0.2, 0.25) is 17.5 Å². The van der Waals surface area contributed by atoms with E-state index >= 15 is 0 Å². The Morgan fingerprint density at radius 1 is 1.38 bits per heavy atom. The highest BCUT2D eigenvalue weighted by atomic mass is 79.9. The topological polar surface area (TPSA) is 154 Å². The van der Waals surface area contributed by atoms with Gasteiger partial charge in [0.1, 0.15) is 5.69 Å². The van der Waals surface area contributed by atoms with Crippen LogP contribution in [0.3, 0.4) is 0 Å². The number of rotatable bonds is 3. The first-order chi connectivity index (χ1) is 9.88. The molecule has 1 heterocycles. The molecule has 5 N–H and O–H groups in total. The van der Waals surface area contributed by atoms with Gasteiger partial charge in [0, 0.05) is 4.47 Å². The van der Waals surface area contributed by atoms with Gasteiger partial charge in [0.25, 0.3) is 5.56 Å². The van der Waals surface area contributed by atoms with Crippen LogP contribution in [0.2, 0.25) is 0 Å². The first-order valence-electron chi connectivity index (χ1n) is 5.42. The van der Waals surface area contributed by atoms with Crippen LogP contribution in [0.4, 0.5) is 17.3 Å². The average Bonchev–Trinajstić information content (AvgIpc) is 2.38. The molecule has 0 aliphatic carbocycles. The molecule has 1 aromatic carbocycles. The molecule has 0 amide bonds. The number of aromatic amines is 1. The van der Waals surface area contributed by atoms with E-state index in [9.17, 15) is 14.7 Å². The monoisotopic (exact) mass is 353 g/mol. The second-order valence-corrected chi connectivity index (χ2v) is 4.71. The van der Waals surface area contributed by atoms with E-state index in [1.54, 1.807) is 6.07 Å². The van der Waals surface area contributed by atoms with E-state index in [0.717, 1.165) is 0 Å². The summed E-state index contributed by atoms with van der Waals surface area (Å²) in [5.74, 6) is -2.18. The second-order valence-electron chi connectivity index (χ2n) is 3.79. The number of halogens is 1. The maximum Gasteiger partial charge on any atom is 0.338 e. The highest BCUT2D eigenvalue weighted by molar-refractivity contribution is 9.10. The quantitative estimate of drug-likeness (QED) is 0.618. The third kappa shape index (κ3) is 3.23. The summed E-state index contributed by atoms with van der Waals surface area (Å²) in [4.78, 5) is 28.2. The number of aromatic hydroxyl groups is 1. The van der Waals surface area contributed by atoms with Crippen molar-refractivity contribution in [1.82, 2.24) is 9.97 Å². The van der Waals surface area contributed by atoms with Gasteiger partial charge in [0.15, 0.2) is 0 Å². The smallest absolute Gasteiger partial charge is 0.338 e. The van der Waals surface area contributed by atoms with Gasteiger partial charge in [-0.2, -0.15) is 4.98 Å². The number of benzene rings is 1. The van der Waals surface area contributed by atoms with E-state index in [1.165, 1.54) is 12.1 Å². The standard InChI is InChI=1S/C11H8BrN5O4/c12-4-1-2-6(5(3-4)10(20)21)16-17-7-8(18)14-11(13)15-9(7)19/h1-3H,(H,20,21)(H4,13,14,15,18,19).